The standard InChI is InChI=1S/C21H20N4O3S/c1-15(14-17-6-4-3-5-7-17)20(26)24-18-8-10-19(11-9-18)29(27,28)25-21-22-13-12-16(2)23-21/h3-14H,1-2H3,(H,24,26)(H,22,23,25)/b15-14+. The van der Waals surface area contributed by atoms with Crippen LogP contribution in [0.1, 0.15) is 18.2 Å². The fourth-order valence-electron chi connectivity index (χ4n) is 2.49. The highest BCUT2D eigenvalue weighted by atomic mass is 32.2. The first-order chi connectivity index (χ1) is 13.8. The maximum Gasteiger partial charge on any atom is 0.264 e. The van der Waals surface area contributed by atoms with E-state index >= 15 is 0 Å². The molecule has 1 heterocycles. The lowest BCUT2D eigenvalue weighted by Crippen LogP contribution is -2.16. The van der Waals surface area contributed by atoms with Crippen molar-refractivity contribution in [1.29, 1.82) is 0 Å². The van der Waals surface area contributed by atoms with Crippen molar-refractivity contribution in [3.63, 3.8) is 0 Å². The van der Waals surface area contributed by atoms with E-state index in [1.807, 2.05) is 30.3 Å². The molecule has 0 saturated heterocycles. The number of hydrogen-bond acceptors (Lipinski definition) is 5. The predicted octanol–water partition coefficient (Wildman–Crippen LogP) is 3.63. The van der Waals surface area contributed by atoms with Gasteiger partial charge in [0.15, 0.2) is 0 Å². The van der Waals surface area contributed by atoms with Gasteiger partial charge in [-0.2, -0.15) is 0 Å². The second-order valence-corrected chi connectivity index (χ2v) is 8.03. The molecule has 7 nitrogen and oxygen atoms in total. The molecule has 0 fully saturated rings. The van der Waals surface area contributed by atoms with Gasteiger partial charge in [0.2, 0.25) is 5.95 Å². The minimum Gasteiger partial charge on any atom is -0.322 e. The lowest BCUT2D eigenvalue weighted by Gasteiger charge is -2.09. The number of nitrogens with one attached hydrogen (secondary N) is 2. The maximum absolute atomic E-state index is 12.5. The largest absolute Gasteiger partial charge is 0.322 e. The van der Waals surface area contributed by atoms with Crippen molar-refractivity contribution in [3.8, 4) is 0 Å². The van der Waals surface area contributed by atoms with Crippen molar-refractivity contribution in [2.45, 2.75) is 18.7 Å². The summed E-state index contributed by atoms with van der Waals surface area (Å²) in [6, 6.07) is 17.0. The number of carbonyl (C=O) groups excluding carboxylic acids is 1. The highest BCUT2D eigenvalue weighted by molar-refractivity contribution is 7.92. The second kappa shape index (κ2) is 8.66. The minimum atomic E-state index is -3.83. The van der Waals surface area contributed by atoms with Gasteiger partial charge in [-0.1, -0.05) is 30.3 Å². The fraction of sp³-hybridized carbons (Fsp3) is 0.0952. The third-order valence-electron chi connectivity index (χ3n) is 3.98. The van der Waals surface area contributed by atoms with E-state index in [1.54, 1.807) is 26.0 Å². The number of aromatic nitrogens is 2. The molecule has 1 aromatic heterocycles. The van der Waals surface area contributed by atoms with Gasteiger partial charge in [-0.25, -0.2) is 23.1 Å². The zero-order valence-corrected chi connectivity index (χ0v) is 16.8. The Morgan fingerprint density at radius 2 is 1.69 bits per heavy atom. The molecule has 1 amide bonds. The van der Waals surface area contributed by atoms with Crippen LogP contribution < -0.4 is 10.0 Å². The van der Waals surface area contributed by atoms with Gasteiger partial charge in [0, 0.05) is 23.2 Å². The molecule has 3 aromatic rings. The lowest BCUT2D eigenvalue weighted by atomic mass is 10.1. The van der Waals surface area contributed by atoms with Crippen LogP contribution in [0.4, 0.5) is 11.6 Å². The first-order valence-corrected chi connectivity index (χ1v) is 10.3. The summed E-state index contributed by atoms with van der Waals surface area (Å²) < 4.78 is 27.3. The molecular formula is C21H20N4O3S. The van der Waals surface area contributed by atoms with Crippen LogP contribution in [-0.4, -0.2) is 24.3 Å². The summed E-state index contributed by atoms with van der Waals surface area (Å²) in [6.07, 6.45) is 3.25. The quantitative estimate of drug-likeness (QED) is 0.607. The molecule has 0 atom stereocenters. The van der Waals surface area contributed by atoms with Gasteiger partial charge in [-0.15, -0.1) is 0 Å². The Balaban J connectivity index is 1.69. The Morgan fingerprint density at radius 1 is 1.00 bits per heavy atom. The van der Waals surface area contributed by atoms with E-state index in [-0.39, 0.29) is 16.8 Å². The average Bonchev–Trinajstić information content (AvgIpc) is 2.69. The van der Waals surface area contributed by atoms with Crippen LogP contribution in [0, 0.1) is 6.92 Å². The highest BCUT2D eigenvalue weighted by Gasteiger charge is 2.16. The van der Waals surface area contributed by atoms with Gasteiger partial charge in [0.1, 0.15) is 0 Å². The van der Waals surface area contributed by atoms with Crippen LogP contribution in [0.3, 0.4) is 0 Å². The number of sulfonamides is 1. The Bertz CT molecular complexity index is 1140. The first-order valence-electron chi connectivity index (χ1n) is 8.81. The summed E-state index contributed by atoms with van der Waals surface area (Å²) in [7, 11) is -3.83. The summed E-state index contributed by atoms with van der Waals surface area (Å²) in [5.74, 6) is -0.264. The molecule has 0 saturated carbocycles. The predicted molar refractivity (Wildman–Crippen MR) is 113 cm³/mol. The molecule has 8 heteroatoms. The number of anilines is 2. The van der Waals surface area contributed by atoms with E-state index < -0.39 is 10.0 Å². The zero-order valence-electron chi connectivity index (χ0n) is 16.0. The first kappa shape index (κ1) is 20.2. The van der Waals surface area contributed by atoms with Crippen LogP contribution in [0.2, 0.25) is 0 Å². The number of hydrogen-bond donors (Lipinski definition) is 2. The molecule has 0 aliphatic carbocycles. The van der Waals surface area contributed by atoms with E-state index in [0.717, 1.165) is 5.56 Å². The summed E-state index contributed by atoms with van der Waals surface area (Å²) >= 11 is 0. The molecule has 0 aliphatic rings. The van der Waals surface area contributed by atoms with Gasteiger partial charge < -0.3 is 5.32 Å². The third kappa shape index (κ3) is 5.49. The van der Waals surface area contributed by atoms with E-state index in [4.69, 9.17) is 0 Å². The SMILES string of the molecule is C/C(=C\c1ccccc1)C(=O)Nc1ccc(S(=O)(=O)Nc2nccc(C)n2)cc1. The number of benzene rings is 2. The third-order valence-corrected chi connectivity index (χ3v) is 5.33. The fourth-order valence-corrected chi connectivity index (χ4v) is 3.44. The normalized spacial score (nSPS) is 11.7. The Hall–Kier alpha value is -3.52. The lowest BCUT2D eigenvalue weighted by molar-refractivity contribution is -0.112. The van der Waals surface area contributed by atoms with Crippen LogP contribution in [0.5, 0.6) is 0 Å². The number of aryl methyl sites for hydroxylation is 1. The van der Waals surface area contributed by atoms with Crippen molar-refractivity contribution >= 4 is 33.6 Å². The van der Waals surface area contributed by atoms with Gasteiger partial charge in [0.25, 0.3) is 15.9 Å². The van der Waals surface area contributed by atoms with Crippen LogP contribution in [-0.2, 0) is 14.8 Å². The van der Waals surface area contributed by atoms with Gasteiger partial charge in [-0.3, -0.25) is 4.79 Å². The summed E-state index contributed by atoms with van der Waals surface area (Å²) in [4.78, 5) is 20.3. The van der Waals surface area contributed by atoms with E-state index in [2.05, 4.69) is 20.0 Å². The van der Waals surface area contributed by atoms with Crippen molar-refractivity contribution in [1.82, 2.24) is 9.97 Å². The van der Waals surface area contributed by atoms with Crippen LogP contribution in [0.25, 0.3) is 6.08 Å². The maximum atomic E-state index is 12.5. The Labute approximate surface area is 169 Å². The van der Waals surface area contributed by atoms with Crippen molar-refractivity contribution in [2.24, 2.45) is 0 Å². The minimum absolute atomic E-state index is 0.00375. The number of amides is 1. The Kier molecular flexibility index (Phi) is 6.04. The van der Waals surface area contributed by atoms with Gasteiger partial charge >= 0.3 is 0 Å². The number of carbonyl (C=O) groups is 1. The van der Waals surface area contributed by atoms with Gasteiger partial charge in [-0.05, 0) is 55.8 Å². The molecule has 29 heavy (non-hydrogen) atoms. The molecule has 0 spiro atoms. The smallest absolute Gasteiger partial charge is 0.264 e. The molecule has 148 valence electrons. The molecule has 0 unspecified atom stereocenters. The van der Waals surface area contributed by atoms with Crippen molar-refractivity contribution in [2.75, 3.05) is 10.0 Å². The van der Waals surface area contributed by atoms with E-state index in [0.29, 0.717) is 17.0 Å². The second-order valence-electron chi connectivity index (χ2n) is 6.34. The molecule has 0 aliphatic heterocycles. The molecular weight excluding hydrogens is 388 g/mol. The van der Waals surface area contributed by atoms with Crippen LogP contribution >= 0.6 is 0 Å². The molecule has 3 rings (SSSR count). The molecule has 2 N–H and O–H groups in total. The number of rotatable bonds is 6. The van der Waals surface area contributed by atoms with Crippen LogP contribution in [0.15, 0.2) is 77.3 Å². The summed E-state index contributed by atoms with van der Waals surface area (Å²) in [6.45, 7) is 3.46. The summed E-state index contributed by atoms with van der Waals surface area (Å²) in [5.41, 5.74) is 2.59. The topological polar surface area (TPSA) is 101 Å². The van der Waals surface area contributed by atoms with Crippen molar-refractivity contribution in [3.05, 3.63) is 83.7 Å². The zero-order chi connectivity index (χ0) is 20.9. The monoisotopic (exact) mass is 408 g/mol. The van der Waals surface area contributed by atoms with Crippen molar-refractivity contribution < 1.29 is 13.2 Å². The van der Waals surface area contributed by atoms with Gasteiger partial charge in [0.05, 0.1) is 4.90 Å². The summed E-state index contributed by atoms with van der Waals surface area (Å²) in [5, 5.41) is 2.75. The van der Waals surface area contributed by atoms with E-state index in [1.165, 1.54) is 30.5 Å². The average molecular weight is 408 g/mol. The highest BCUT2D eigenvalue weighted by Crippen LogP contribution is 2.17. The van der Waals surface area contributed by atoms with E-state index in [9.17, 15) is 13.2 Å². The molecule has 0 bridgehead atoms. The molecule has 2 aromatic carbocycles. The number of nitrogens with zero attached hydrogens (tertiary/aromatic N) is 2. The Morgan fingerprint density at radius 3 is 2.34 bits per heavy atom. The molecule has 0 radical (unpaired) electrons.